The Morgan fingerprint density at radius 3 is 3.13 bits per heavy atom. The molecule has 0 saturated heterocycles. The van der Waals surface area contributed by atoms with Crippen molar-refractivity contribution in [2.45, 2.75) is 6.54 Å². The minimum Gasteiger partial charge on any atom is -0.396 e. The molecule has 7 heteroatoms. The Morgan fingerprint density at radius 1 is 1.67 bits per heavy atom. The summed E-state index contributed by atoms with van der Waals surface area (Å²) in [5, 5.41) is 8.92. The number of amides is 1. The summed E-state index contributed by atoms with van der Waals surface area (Å²) in [4.78, 5) is 15.4. The van der Waals surface area contributed by atoms with E-state index in [9.17, 15) is 4.79 Å². The highest BCUT2D eigenvalue weighted by Gasteiger charge is 2.05. The molecule has 0 radical (unpaired) electrons. The second-order valence-corrected chi connectivity index (χ2v) is 3.75. The Balaban J connectivity index is 1.93. The highest BCUT2D eigenvalue weighted by atomic mass is 32.1. The fraction of sp³-hybridized carbons (Fsp3) is 0.125. The Bertz CT molecular complexity index is 449. The van der Waals surface area contributed by atoms with E-state index in [1.165, 1.54) is 22.2 Å². The van der Waals surface area contributed by atoms with Crippen molar-refractivity contribution in [1.29, 1.82) is 0 Å². The van der Waals surface area contributed by atoms with Crippen LogP contribution in [0.4, 0.5) is 10.8 Å². The summed E-state index contributed by atoms with van der Waals surface area (Å²) in [5.74, 6) is -0.173. The van der Waals surface area contributed by atoms with Crippen LogP contribution >= 0.6 is 11.3 Å². The molecule has 0 saturated carbocycles. The first-order valence-electron chi connectivity index (χ1n) is 4.21. The van der Waals surface area contributed by atoms with Gasteiger partial charge in [-0.25, -0.2) is 4.98 Å². The molecule has 2 aromatic heterocycles. The number of hydrogen-bond donors (Lipinski definition) is 2. The Morgan fingerprint density at radius 2 is 2.53 bits per heavy atom. The number of carbonyl (C=O) groups excluding carboxylic acids is 1. The summed E-state index contributed by atoms with van der Waals surface area (Å²) in [6.07, 6.45) is 4.73. The number of anilines is 2. The van der Waals surface area contributed by atoms with Crippen molar-refractivity contribution in [1.82, 2.24) is 14.8 Å². The van der Waals surface area contributed by atoms with Crippen LogP contribution in [0.1, 0.15) is 0 Å². The first kappa shape index (κ1) is 9.66. The molecule has 0 aromatic carbocycles. The van der Waals surface area contributed by atoms with Crippen molar-refractivity contribution in [3.63, 3.8) is 0 Å². The van der Waals surface area contributed by atoms with Crippen molar-refractivity contribution in [2.24, 2.45) is 0 Å². The van der Waals surface area contributed by atoms with Crippen molar-refractivity contribution in [3.8, 4) is 0 Å². The third kappa shape index (κ3) is 2.53. The van der Waals surface area contributed by atoms with E-state index in [0.717, 1.165) is 0 Å². The lowest BCUT2D eigenvalue weighted by molar-refractivity contribution is -0.116. The van der Waals surface area contributed by atoms with Gasteiger partial charge in [-0.3, -0.25) is 9.48 Å². The zero-order valence-electron chi connectivity index (χ0n) is 7.75. The van der Waals surface area contributed by atoms with E-state index in [1.807, 2.05) is 0 Å². The number of nitrogen functional groups attached to an aromatic ring is 1. The van der Waals surface area contributed by atoms with Gasteiger partial charge in [-0.1, -0.05) is 0 Å². The second kappa shape index (κ2) is 4.09. The van der Waals surface area contributed by atoms with Crippen molar-refractivity contribution < 1.29 is 4.79 Å². The summed E-state index contributed by atoms with van der Waals surface area (Å²) in [6, 6.07) is 0. The van der Waals surface area contributed by atoms with Gasteiger partial charge in [0.25, 0.3) is 0 Å². The average Bonchev–Trinajstić information content (AvgIpc) is 2.77. The van der Waals surface area contributed by atoms with Gasteiger partial charge in [0.1, 0.15) is 6.54 Å². The number of nitrogens with zero attached hydrogens (tertiary/aromatic N) is 3. The topological polar surface area (TPSA) is 85.8 Å². The number of aromatic nitrogens is 3. The van der Waals surface area contributed by atoms with Crippen LogP contribution in [0.3, 0.4) is 0 Å². The first-order valence-corrected chi connectivity index (χ1v) is 5.09. The number of thiazole rings is 1. The van der Waals surface area contributed by atoms with Crippen LogP contribution in [0.2, 0.25) is 0 Å². The smallest absolute Gasteiger partial charge is 0.247 e. The molecular weight excluding hydrogens is 214 g/mol. The van der Waals surface area contributed by atoms with E-state index in [-0.39, 0.29) is 12.5 Å². The van der Waals surface area contributed by atoms with Gasteiger partial charge in [-0.05, 0) is 0 Å². The minimum atomic E-state index is -0.173. The van der Waals surface area contributed by atoms with Gasteiger partial charge in [0.15, 0.2) is 5.13 Å². The minimum absolute atomic E-state index is 0.136. The van der Waals surface area contributed by atoms with Crippen LogP contribution in [0.25, 0.3) is 0 Å². The maximum Gasteiger partial charge on any atom is 0.247 e. The molecule has 15 heavy (non-hydrogen) atoms. The van der Waals surface area contributed by atoms with Gasteiger partial charge in [-0.15, -0.1) is 11.3 Å². The first-order chi connectivity index (χ1) is 7.24. The van der Waals surface area contributed by atoms with Gasteiger partial charge < -0.3 is 11.1 Å². The Labute approximate surface area is 89.7 Å². The number of carbonyl (C=O) groups is 1. The molecule has 0 spiro atoms. The summed E-state index contributed by atoms with van der Waals surface area (Å²) in [7, 11) is 0. The molecule has 2 aromatic rings. The molecule has 6 nitrogen and oxygen atoms in total. The lowest BCUT2D eigenvalue weighted by Gasteiger charge is -2.00. The zero-order valence-corrected chi connectivity index (χ0v) is 8.57. The highest BCUT2D eigenvalue weighted by molar-refractivity contribution is 7.13. The molecule has 1 amide bonds. The molecule has 3 N–H and O–H groups in total. The number of nitrogens with one attached hydrogen (secondary N) is 1. The summed E-state index contributed by atoms with van der Waals surface area (Å²) >= 11 is 1.37. The van der Waals surface area contributed by atoms with Crippen LogP contribution in [0.5, 0.6) is 0 Å². The van der Waals surface area contributed by atoms with Crippen molar-refractivity contribution in [2.75, 3.05) is 11.1 Å². The summed E-state index contributed by atoms with van der Waals surface area (Å²) in [6.45, 7) is 0.136. The van der Waals surface area contributed by atoms with E-state index >= 15 is 0 Å². The van der Waals surface area contributed by atoms with Crippen LogP contribution in [-0.4, -0.2) is 20.7 Å². The molecule has 0 atom stereocenters. The monoisotopic (exact) mass is 223 g/mol. The molecule has 78 valence electrons. The quantitative estimate of drug-likeness (QED) is 0.796. The average molecular weight is 223 g/mol. The van der Waals surface area contributed by atoms with Crippen LogP contribution in [0.15, 0.2) is 24.0 Å². The number of nitrogens with two attached hydrogens (primary N) is 1. The summed E-state index contributed by atoms with van der Waals surface area (Å²) < 4.78 is 1.47. The van der Waals surface area contributed by atoms with Crippen LogP contribution < -0.4 is 11.1 Å². The van der Waals surface area contributed by atoms with Crippen molar-refractivity contribution in [3.05, 3.63) is 24.0 Å². The lowest BCUT2D eigenvalue weighted by atomic mass is 10.5. The van der Waals surface area contributed by atoms with Gasteiger partial charge >= 0.3 is 0 Å². The standard InChI is InChI=1S/C8H9N5OS/c9-6-3-11-13(4-6)5-7(14)12-8-10-1-2-15-8/h1-4H,5,9H2,(H,10,12,14). The molecular formula is C8H9N5OS. The molecule has 0 fully saturated rings. The van der Waals surface area contributed by atoms with E-state index in [0.29, 0.717) is 10.8 Å². The van der Waals surface area contributed by atoms with E-state index < -0.39 is 0 Å². The van der Waals surface area contributed by atoms with Crippen LogP contribution in [0, 0.1) is 0 Å². The second-order valence-electron chi connectivity index (χ2n) is 2.86. The van der Waals surface area contributed by atoms with Gasteiger partial charge in [0, 0.05) is 17.8 Å². The zero-order chi connectivity index (χ0) is 10.7. The van der Waals surface area contributed by atoms with Crippen LogP contribution in [-0.2, 0) is 11.3 Å². The van der Waals surface area contributed by atoms with E-state index in [4.69, 9.17) is 5.73 Å². The molecule has 0 unspecified atom stereocenters. The largest absolute Gasteiger partial charge is 0.396 e. The normalized spacial score (nSPS) is 10.1. The third-order valence-electron chi connectivity index (χ3n) is 1.64. The SMILES string of the molecule is Nc1cnn(CC(=O)Nc2nccs2)c1. The van der Waals surface area contributed by atoms with Gasteiger partial charge in [0.05, 0.1) is 11.9 Å². The van der Waals surface area contributed by atoms with Gasteiger partial charge in [-0.2, -0.15) is 5.10 Å². The predicted molar refractivity (Wildman–Crippen MR) is 57.4 cm³/mol. The maximum absolute atomic E-state index is 11.4. The lowest BCUT2D eigenvalue weighted by Crippen LogP contribution is -2.18. The number of hydrogen-bond acceptors (Lipinski definition) is 5. The fourth-order valence-corrected chi connectivity index (χ4v) is 1.60. The van der Waals surface area contributed by atoms with E-state index in [1.54, 1.807) is 17.8 Å². The molecule has 0 aliphatic rings. The number of rotatable bonds is 3. The maximum atomic E-state index is 11.4. The Hall–Kier alpha value is -1.89. The van der Waals surface area contributed by atoms with Crippen molar-refractivity contribution >= 4 is 28.1 Å². The third-order valence-corrected chi connectivity index (χ3v) is 2.33. The predicted octanol–water partition coefficient (Wildman–Crippen LogP) is 0.560. The fourth-order valence-electron chi connectivity index (χ4n) is 1.06. The molecule has 0 aliphatic heterocycles. The van der Waals surface area contributed by atoms with Gasteiger partial charge in [0.2, 0.25) is 5.91 Å². The summed E-state index contributed by atoms with van der Waals surface area (Å²) in [5.41, 5.74) is 6.00. The molecule has 0 aliphatic carbocycles. The molecule has 2 rings (SSSR count). The van der Waals surface area contributed by atoms with E-state index in [2.05, 4.69) is 15.4 Å². The Kier molecular flexibility index (Phi) is 2.64. The molecule has 2 heterocycles. The molecule has 0 bridgehead atoms. The highest BCUT2D eigenvalue weighted by Crippen LogP contribution is 2.10.